The lowest BCUT2D eigenvalue weighted by molar-refractivity contribution is 0.575. The lowest BCUT2D eigenvalue weighted by Crippen LogP contribution is -2.17. The van der Waals surface area contributed by atoms with Crippen molar-refractivity contribution in [3.63, 3.8) is 0 Å². The van der Waals surface area contributed by atoms with Crippen molar-refractivity contribution in [2.45, 2.75) is 19.5 Å². The first-order valence-electron chi connectivity index (χ1n) is 6.16. The minimum Gasteiger partial charge on any atom is -0.304 e. The minimum atomic E-state index is 0.151. The molecule has 2 aromatic heterocycles. The average molecular weight is 343 g/mol. The van der Waals surface area contributed by atoms with Gasteiger partial charge < -0.3 is 5.32 Å². The Morgan fingerprint density at radius 1 is 1.25 bits per heavy atom. The van der Waals surface area contributed by atoms with E-state index in [1.165, 1.54) is 16.0 Å². The van der Waals surface area contributed by atoms with Crippen molar-refractivity contribution in [1.29, 1.82) is 0 Å². The number of thiophene rings is 1. The van der Waals surface area contributed by atoms with Crippen LogP contribution in [0.4, 0.5) is 0 Å². The van der Waals surface area contributed by atoms with Gasteiger partial charge in [-0.05, 0) is 30.7 Å². The van der Waals surface area contributed by atoms with Crippen molar-refractivity contribution in [3.05, 3.63) is 49.6 Å². The highest BCUT2D eigenvalue weighted by Crippen LogP contribution is 2.35. The van der Waals surface area contributed by atoms with E-state index in [2.05, 4.69) is 23.3 Å². The van der Waals surface area contributed by atoms with Crippen molar-refractivity contribution >= 4 is 56.1 Å². The van der Waals surface area contributed by atoms with Crippen LogP contribution in [-0.4, -0.2) is 4.98 Å². The third-order valence-corrected chi connectivity index (χ3v) is 5.60. The molecule has 1 aromatic carbocycles. The Morgan fingerprint density at radius 2 is 2.05 bits per heavy atom. The van der Waals surface area contributed by atoms with E-state index in [4.69, 9.17) is 23.2 Å². The van der Waals surface area contributed by atoms with E-state index in [9.17, 15) is 0 Å². The molecule has 0 amide bonds. The smallest absolute Gasteiger partial charge is 0.108 e. The first-order chi connectivity index (χ1) is 9.63. The molecule has 2 nitrogen and oxygen atoms in total. The van der Waals surface area contributed by atoms with E-state index in [-0.39, 0.29) is 6.04 Å². The molecule has 3 aromatic rings. The molecule has 104 valence electrons. The van der Waals surface area contributed by atoms with Crippen LogP contribution in [0.5, 0.6) is 0 Å². The van der Waals surface area contributed by atoms with Gasteiger partial charge in [-0.25, -0.2) is 4.98 Å². The molecule has 0 radical (unpaired) electrons. The van der Waals surface area contributed by atoms with Gasteiger partial charge in [-0.2, -0.15) is 0 Å². The lowest BCUT2D eigenvalue weighted by atomic mass is 10.2. The molecule has 1 atom stereocenters. The summed E-state index contributed by atoms with van der Waals surface area (Å²) in [4.78, 5) is 4.61. The fourth-order valence-corrected chi connectivity index (χ4v) is 4.56. The summed E-state index contributed by atoms with van der Waals surface area (Å²) in [5, 5.41) is 4.52. The number of halogens is 2. The lowest BCUT2D eigenvalue weighted by Gasteiger charge is -2.11. The number of thiazole rings is 1. The summed E-state index contributed by atoms with van der Waals surface area (Å²) < 4.78 is 2.69. The summed E-state index contributed by atoms with van der Waals surface area (Å²) in [6.45, 7) is 2.81. The molecule has 0 aliphatic carbocycles. The molecule has 1 unspecified atom stereocenters. The van der Waals surface area contributed by atoms with Gasteiger partial charge in [0.1, 0.15) is 5.01 Å². The molecule has 20 heavy (non-hydrogen) atoms. The fraction of sp³-hybridized carbons (Fsp3) is 0.214. The SMILES string of the molecule is CC(NCc1nc2ccccc2s1)c1cc(Cl)sc1Cl. The zero-order chi connectivity index (χ0) is 14.1. The second-order valence-electron chi connectivity index (χ2n) is 4.46. The second-order valence-corrected chi connectivity index (χ2v) is 7.86. The van der Waals surface area contributed by atoms with Gasteiger partial charge in [0, 0.05) is 12.6 Å². The summed E-state index contributed by atoms with van der Waals surface area (Å²) in [7, 11) is 0. The van der Waals surface area contributed by atoms with Crippen molar-refractivity contribution in [3.8, 4) is 0 Å². The number of fused-ring (bicyclic) bond motifs is 1. The van der Waals surface area contributed by atoms with E-state index >= 15 is 0 Å². The predicted molar refractivity (Wildman–Crippen MR) is 89.2 cm³/mol. The van der Waals surface area contributed by atoms with Crippen molar-refractivity contribution in [1.82, 2.24) is 10.3 Å². The normalized spacial score (nSPS) is 12.9. The van der Waals surface area contributed by atoms with Crippen LogP contribution in [-0.2, 0) is 6.54 Å². The molecule has 0 fully saturated rings. The number of aromatic nitrogens is 1. The molecule has 0 aliphatic heterocycles. The van der Waals surface area contributed by atoms with Crippen LogP contribution >= 0.6 is 45.9 Å². The molecule has 0 aliphatic rings. The molecule has 0 saturated heterocycles. The molecule has 3 rings (SSSR count). The minimum absolute atomic E-state index is 0.151. The van der Waals surface area contributed by atoms with Crippen molar-refractivity contribution in [2.24, 2.45) is 0 Å². The molecule has 0 spiro atoms. The summed E-state index contributed by atoms with van der Waals surface area (Å²) >= 11 is 15.3. The molecular formula is C14H12Cl2N2S2. The Balaban J connectivity index is 1.71. The summed E-state index contributed by atoms with van der Waals surface area (Å²) in [5.74, 6) is 0. The monoisotopic (exact) mass is 342 g/mol. The number of nitrogens with one attached hydrogen (secondary N) is 1. The van der Waals surface area contributed by atoms with Gasteiger partial charge in [-0.15, -0.1) is 22.7 Å². The average Bonchev–Trinajstić information content (AvgIpc) is 2.98. The highest BCUT2D eigenvalue weighted by molar-refractivity contribution is 7.20. The largest absolute Gasteiger partial charge is 0.304 e. The zero-order valence-electron chi connectivity index (χ0n) is 10.7. The number of hydrogen-bond donors (Lipinski definition) is 1. The van der Waals surface area contributed by atoms with Gasteiger partial charge in [-0.3, -0.25) is 0 Å². The Morgan fingerprint density at radius 3 is 2.75 bits per heavy atom. The molecule has 1 N–H and O–H groups in total. The first kappa shape index (κ1) is 14.3. The Kier molecular flexibility index (Phi) is 4.29. The summed E-state index contributed by atoms with van der Waals surface area (Å²) in [6, 6.07) is 10.2. The van der Waals surface area contributed by atoms with Gasteiger partial charge in [0.25, 0.3) is 0 Å². The Labute approximate surface area is 135 Å². The van der Waals surface area contributed by atoms with Crippen LogP contribution in [0.25, 0.3) is 10.2 Å². The van der Waals surface area contributed by atoms with Gasteiger partial charge in [0.15, 0.2) is 0 Å². The van der Waals surface area contributed by atoms with E-state index in [0.717, 1.165) is 31.3 Å². The van der Waals surface area contributed by atoms with Crippen LogP contribution in [0.2, 0.25) is 8.67 Å². The molecule has 2 heterocycles. The Bertz CT molecular complexity index is 703. The van der Waals surface area contributed by atoms with Gasteiger partial charge in [0.2, 0.25) is 0 Å². The van der Waals surface area contributed by atoms with Crippen LogP contribution in [0.1, 0.15) is 23.5 Å². The predicted octanol–water partition coefficient (Wildman–Crippen LogP) is 5.52. The number of rotatable bonds is 4. The highest BCUT2D eigenvalue weighted by atomic mass is 35.5. The molecule has 0 bridgehead atoms. The second kappa shape index (κ2) is 6.00. The maximum atomic E-state index is 6.17. The third-order valence-electron chi connectivity index (χ3n) is 3.05. The van der Waals surface area contributed by atoms with E-state index in [1.807, 2.05) is 24.3 Å². The van der Waals surface area contributed by atoms with E-state index in [0.29, 0.717) is 0 Å². The number of nitrogens with zero attached hydrogens (tertiary/aromatic N) is 1. The first-order valence-corrected chi connectivity index (χ1v) is 8.55. The van der Waals surface area contributed by atoms with E-state index < -0.39 is 0 Å². The zero-order valence-corrected chi connectivity index (χ0v) is 13.8. The van der Waals surface area contributed by atoms with Crippen molar-refractivity contribution in [2.75, 3.05) is 0 Å². The van der Waals surface area contributed by atoms with Crippen LogP contribution in [0, 0.1) is 0 Å². The number of benzene rings is 1. The van der Waals surface area contributed by atoms with Gasteiger partial charge in [0.05, 0.1) is 18.9 Å². The summed E-state index contributed by atoms with van der Waals surface area (Å²) in [5.41, 5.74) is 2.10. The molecule has 6 heteroatoms. The van der Waals surface area contributed by atoms with Crippen molar-refractivity contribution < 1.29 is 0 Å². The maximum absolute atomic E-state index is 6.17. The number of hydrogen-bond acceptors (Lipinski definition) is 4. The van der Waals surface area contributed by atoms with Crippen LogP contribution in [0.15, 0.2) is 30.3 Å². The van der Waals surface area contributed by atoms with E-state index in [1.54, 1.807) is 11.3 Å². The maximum Gasteiger partial charge on any atom is 0.108 e. The van der Waals surface area contributed by atoms with Gasteiger partial charge in [-0.1, -0.05) is 35.3 Å². The third kappa shape index (κ3) is 3.00. The topological polar surface area (TPSA) is 24.9 Å². The quantitative estimate of drug-likeness (QED) is 0.675. The fourth-order valence-electron chi connectivity index (χ4n) is 1.99. The van der Waals surface area contributed by atoms with Crippen LogP contribution in [0.3, 0.4) is 0 Å². The van der Waals surface area contributed by atoms with Crippen LogP contribution < -0.4 is 5.32 Å². The molecular weight excluding hydrogens is 331 g/mol. The molecule has 0 saturated carbocycles. The standard InChI is InChI=1S/C14H12Cl2N2S2/c1-8(9-6-12(15)20-14(9)16)17-7-13-18-10-4-2-3-5-11(10)19-13/h2-6,8,17H,7H2,1H3. The van der Waals surface area contributed by atoms with Gasteiger partial charge >= 0.3 is 0 Å². The highest BCUT2D eigenvalue weighted by Gasteiger charge is 2.13. The number of para-hydroxylation sites is 1. The summed E-state index contributed by atoms with van der Waals surface area (Å²) in [6.07, 6.45) is 0. The Hall–Kier alpha value is -0.650.